The maximum absolute atomic E-state index is 13.5. The predicted octanol–water partition coefficient (Wildman–Crippen LogP) is 4.80. The molecule has 4 N–H and O–H groups in total. The predicted molar refractivity (Wildman–Crippen MR) is 166 cm³/mol. The van der Waals surface area contributed by atoms with Crippen molar-refractivity contribution < 1.29 is 19.1 Å². The van der Waals surface area contributed by atoms with Gasteiger partial charge in [0.05, 0.1) is 16.9 Å². The Labute approximate surface area is 255 Å². The molecule has 3 heterocycles. The number of halogens is 1. The van der Waals surface area contributed by atoms with Crippen molar-refractivity contribution in [3.8, 4) is 11.3 Å². The SMILES string of the molecule is C=CC(=O)N[C@H]1CC(C(=O)N[C@H]2CCC[C@@H](Nc3ncc(Cl)c(-c4c[nH]c5ccccc45)n3)C2)N(C(=O)OC(C)(C)C)C1. The van der Waals surface area contributed by atoms with E-state index in [9.17, 15) is 14.4 Å². The molecule has 2 fully saturated rings. The number of benzene rings is 1. The lowest BCUT2D eigenvalue weighted by Crippen LogP contribution is -2.51. The van der Waals surface area contributed by atoms with E-state index in [4.69, 9.17) is 21.3 Å². The van der Waals surface area contributed by atoms with E-state index in [0.29, 0.717) is 23.1 Å². The van der Waals surface area contributed by atoms with E-state index in [1.807, 2.05) is 30.5 Å². The fourth-order valence-corrected chi connectivity index (χ4v) is 5.99. The van der Waals surface area contributed by atoms with E-state index in [1.165, 1.54) is 11.0 Å². The third kappa shape index (κ3) is 7.27. The Morgan fingerprint density at radius 1 is 1.12 bits per heavy atom. The summed E-state index contributed by atoms with van der Waals surface area (Å²) in [6.45, 7) is 8.98. The lowest BCUT2D eigenvalue weighted by atomic mass is 9.90. The lowest BCUT2D eigenvalue weighted by molar-refractivity contribution is -0.126. The summed E-state index contributed by atoms with van der Waals surface area (Å²) in [5.41, 5.74) is 1.81. The Kier molecular flexibility index (Phi) is 8.91. The number of fused-ring (bicyclic) bond motifs is 1. The van der Waals surface area contributed by atoms with Crippen LogP contribution >= 0.6 is 11.6 Å². The third-order valence-corrected chi connectivity index (χ3v) is 7.98. The van der Waals surface area contributed by atoms with Crippen molar-refractivity contribution in [2.75, 3.05) is 11.9 Å². The normalized spacial score (nSPS) is 22.2. The summed E-state index contributed by atoms with van der Waals surface area (Å²) in [6.07, 6.45) is 7.63. The average Bonchev–Trinajstić information content (AvgIpc) is 3.58. The van der Waals surface area contributed by atoms with Gasteiger partial charge in [0.1, 0.15) is 11.6 Å². The van der Waals surface area contributed by atoms with Crippen LogP contribution < -0.4 is 16.0 Å². The number of nitrogens with zero attached hydrogens (tertiary/aromatic N) is 3. The fourth-order valence-electron chi connectivity index (χ4n) is 5.80. The Hall–Kier alpha value is -4.12. The topological polar surface area (TPSA) is 141 Å². The summed E-state index contributed by atoms with van der Waals surface area (Å²) in [5, 5.41) is 10.9. The van der Waals surface area contributed by atoms with Gasteiger partial charge >= 0.3 is 6.09 Å². The van der Waals surface area contributed by atoms with Gasteiger partial charge in [-0.1, -0.05) is 36.4 Å². The van der Waals surface area contributed by atoms with Crippen molar-refractivity contribution >= 4 is 46.4 Å². The van der Waals surface area contributed by atoms with Crippen LogP contribution in [0.1, 0.15) is 52.9 Å². The van der Waals surface area contributed by atoms with Crippen LogP contribution in [0.5, 0.6) is 0 Å². The highest BCUT2D eigenvalue weighted by Gasteiger charge is 2.42. The molecule has 1 aromatic carbocycles. The number of carbonyl (C=O) groups is 3. The summed E-state index contributed by atoms with van der Waals surface area (Å²) in [4.78, 5) is 52.3. The first-order valence-electron chi connectivity index (χ1n) is 14.6. The summed E-state index contributed by atoms with van der Waals surface area (Å²) in [7, 11) is 0. The maximum atomic E-state index is 13.5. The second kappa shape index (κ2) is 12.6. The van der Waals surface area contributed by atoms with Crippen molar-refractivity contribution in [3.63, 3.8) is 0 Å². The minimum atomic E-state index is -0.767. The molecule has 0 radical (unpaired) electrons. The van der Waals surface area contributed by atoms with Gasteiger partial charge in [0.15, 0.2) is 0 Å². The van der Waals surface area contributed by atoms with Crippen molar-refractivity contribution in [1.82, 2.24) is 30.5 Å². The molecule has 2 aliphatic rings. The molecule has 1 saturated carbocycles. The quantitative estimate of drug-likeness (QED) is 0.283. The van der Waals surface area contributed by atoms with Crippen LogP contribution in [0, 0.1) is 0 Å². The Morgan fingerprint density at radius 3 is 2.65 bits per heavy atom. The van der Waals surface area contributed by atoms with Gasteiger partial charge in [0.25, 0.3) is 0 Å². The summed E-state index contributed by atoms with van der Waals surface area (Å²) in [5.74, 6) is -0.153. The van der Waals surface area contributed by atoms with Crippen LogP contribution in [0.15, 0.2) is 49.3 Å². The molecular weight excluding hydrogens is 570 g/mol. The summed E-state index contributed by atoms with van der Waals surface area (Å²) < 4.78 is 5.56. The molecular formula is C31H38ClN7O4. The second-order valence-electron chi connectivity index (χ2n) is 12.1. The second-order valence-corrected chi connectivity index (χ2v) is 12.6. The number of hydrogen-bond acceptors (Lipinski definition) is 7. The largest absolute Gasteiger partial charge is 0.444 e. The van der Waals surface area contributed by atoms with E-state index >= 15 is 0 Å². The number of aromatic amines is 1. The average molecular weight is 608 g/mol. The molecule has 4 atom stereocenters. The smallest absolute Gasteiger partial charge is 0.411 e. The zero-order chi connectivity index (χ0) is 30.7. The number of rotatable bonds is 7. The molecule has 3 amide bonds. The van der Waals surface area contributed by atoms with Crippen LogP contribution in [0.2, 0.25) is 5.02 Å². The molecule has 228 valence electrons. The van der Waals surface area contributed by atoms with E-state index < -0.39 is 17.7 Å². The van der Waals surface area contributed by atoms with Gasteiger partial charge in [-0.25, -0.2) is 14.8 Å². The first kappa shape index (κ1) is 30.3. The van der Waals surface area contributed by atoms with Crippen molar-refractivity contribution in [2.24, 2.45) is 0 Å². The monoisotopic (exact) mass is 607 g/mol. The molecule has 1 aliphatic carbocycles. The zero-order valence-corrected chi connectivity index (χ0v) is 25.4. The van der Waals surface area contributed by atoms with Crippen LogP contribution in [0.3, 0.4) is 0 Å². The van der Waals surface area contributed by atoms with E-state index in [-0.39, 0.29) is 42.9 Å². The molecule has 5 rings (SSSR count). The third-order valence-electron chi connectivity index (χ3n) is 7.71. The van der Waals surface area contributed by atoms with Gasteiger partial charge < -0.3 is 25.7 Å². The van der Waals surface area contributed by atoms with Gasteiger partial charge in [-0.15, -0.1) is 0 Å². The van der Waals surface area contributed by atoms with E-state index in [0.717, 1.165) is 35.7 Å². The minimum absolute atomic E-state index is 0.0289. The number of likely N-dealkylation sites (tertiary alicyclic amines) is 1. The van der Waals surface area contributed by atoms with Crippen LogP contribution in [-0.4, -0.2) is 74.1 Å². The molecule has 2 aromatic heterocycles. The summed E-state index contributed by atoms with van der Waals surface area (Å²) >= 11 is 6.51. The Bertz CT molecular complexity index is 1520. The van der Waals surface area contributed by atoms with Crippen molar-refractivity contribution in [3.05, 3.63) is 54.3 Å². The van der Waals surface area contributed by atoms with Crippen LogP contribution in [0.4, 0.5) is 10.7 Å². The number of hydrogen-bond donors (Lipinski definition) is 4. The fraction of sp³-hybridized carbons (Fsp3) is 0.452. The van der Waals surface area contributed by atoms with Crippen molar-refractivity contribution in [1.29, 1.82) is 0 Å². The van der Waals surface area contributed by atoms with Crippen LogP contribution in [-0.2, 0) is 14.3 Å². The number of carbonyl (C=O) groups excluding carboxylic acids is 3. The number of ether oxygens (including phenoxy) is 1. The number of para-hydroxylation sites is 1. The number of nitrogens with one attached hydrogen (secondary N) is 4. The standard InChI is InChI=1S/C31H38ClN7O4/c1-5-26(40)35-20-14-25(39(17-20)30(42)43-31(2,3)4)28(41)36-18-9-8-10-19(13-18)37-29-34-16-23(32)27(38-29)22-15-33-24-12-7-6-11-21(22)24/h5-7,11-12,15-16,18-20,25,33H,1,8-10,13-14,17H2,2-4H3,(H,35,40)(H,36,41)(H,34,37,38)/t18-,19+,20-,25?/m0/s1. The highest BCUT2D eigenvalue weighted by atomic mass is 35.5. The van der Waals surface area contributed by atoms with Gasteiger partial charge in [-0.3, -0.25) is 14.5 Å². The van der Waals surface area contributed by atoms with Crippen LogP contribution in [0.25, 0.3) is 22.2 Å². The van der Waals surface area contributed by atoms with Gasteiger partial charge in [0.2, 0.25) is 17.8 Å². The van der Waals surface area contributed by atoms with Crippen molar-refractivity contribution in [2.45, 2.75) is 82.6 Å². The molecule has 1 unspecified atom stereocenters. The number of anilines is 1. The molecule has 1 aliphatic heterocycles. The lowest BCUT2D eigenvalue weighted by Gasteiger charge is -2.32. The molecule has 1 saturated heterocycles. The van der Waals surface area contributed by atoms with Gasteiger partial charge in [-0.2, -0.15) is 0 Å². The first-order chi connectivity index (χ1) is 20.5. The zero-order valence-electron chi connectivity index (χ0n) is 24.7. The number of aromatic nitrogens is 3. The molecule has 3 aromatic rings. The van der Waals surface area contributed by atoms with Gasteiger partial charge in [-0.05, 0) is 65.0 Å². The van der Waals surface area contributed by atoms with Gasteiger partial charge in [0, 0.05) is 47.3 Å². The molecule has 0 bridgehead atoms. The Morgan fingerprint density at radius 2 is 1.88 bits per heavy atom. The first-order valence-corrected chi connectivity index (χ1v) is 15.0. The minimum Gasteiger partial charge on any atom is -0.444 e. The molecule has 43 heavy (non-hydrogen) atoms. The Balaban J connectivity index is 1.25. The highest BCUT2D eigenvalue weighted by molar-refractivity contribution is 6.33. The number of amides is 3. The van der Waals surface area contributed by atoms with E-state index in [1.54, 1.807) is 27.0 Å². The number of H-pyrrole nitrogens is 1. The summed E-state index contributed by atoms with van der Waals surface area (Å²) in [6, 6.07) is 6.73. The highest BCUT2D eigenvalue weighted by Crippen LogP contribution is 2.33. The molecule has 11 nitrogen and oxygen atoms in total. The maximum Gasteiger partial charge on any atom is 0.411 e. The van der Waals surface area contributed by atoms with E-state index in [2.05, 4.69) is 32.5 Å². The molecule has 12 heteroatoms. The molecule has 0 spiro atoms.